The van der Waals surface area contributed by atoms with Crippen LogP contribution >= 0.6 is 23.1 Å². The third-order valence-corrected chi connectivity index (χ3v) is 3.80. The highest BCUT2D eigenvalue weighted by molar-refractivity contribution is 8.00. The molecular weight excluding hydrogens is 288 g/mol. The van der Waals surface area contributed by atoms with Gasteiger partial charge in [0.25, 0.3) is 0 Å². The molecule has 106 valence electrons. The number of amides is 1. The fourth-order valence-corrected chi connectivity index (χ4v) is 2.51. The van der Waals surface area contributed by atoms with Gasteiger partial charge in [0, 0.05) is 0 Å². The van der Waals surface area contributed by atoms with Crippen molar-refractivity contribution in [3.63, 3.8) is 0 Å². The van der Waals surface area contributed by atoms with Gasteiger partial charge in [0.05, 0.1) is 0 Å². The molecule has 1 heterocycles. The first-order valence-corrected chi connectivity index (χ1v) is 7.33. The number of aromatic nitrogens is 1. The normalized spacial score (nSPS) is 12.3. The number of nitrogens with one attached hydrogen (secondary N) is 1. The molecule has 1 aromatic rings. The molecule has 7 nitrogen and oxygen atoms in total. The van der Waals surface area contributed by atoms with E-state index in [2.05, 4.69) is 15.5 Å². The Morgan fingerprint density at radius 1 is 1.58 bits per heavy atom. The van der Waals surface area contributed by atoms with Gasteiger partial charge in [-0.2, -0.15) is 0 Å². The maximum absolute atomic E-state index is 11.7. The molecule has 1 aromatic heterocycles. The van der Waals surface area contributed by atoms with Crippen LogP contribution in [0.1, 0.15) is 25.6 Å². The van der Waals surface area contributed by atoms with Crippen LogP contribution in [0.25, 0.3) is 0 Å². The van der Waals surface area contributed by atoms with E-state index in [9.17, 15) is 4.79 Å². The van der Waals surface area contributed by atoms with Crippen LogP contribution in [0.3, 0.4) is 0 Å². The smallest absolute Gasteiger partial charge is 0.413 e. The molecule has 0 bridgehead atoms. The molecule has 0 fully saturated rings. The quantitative estimate of drug-likeness (QED) is 0.260. The summed E-state index contributed by atoms with van der Waals surface area (Å²) in [4.78, 5) is 16.2. The zero-order chi connectivity index (χ0) is 14.6. The Morgan fingerprint density at radius 2 is 2.21 bits per heavy atom. The molecule has 0 radical (unpaired) electrons. The Balaban J connectivity index is 2.94. The van der Waals surface area contributed by atoms with E-state index < -0.39 is 11.7 Å². The first-order valence-electron chi connectivity index (χ1n) is 5.29. The highest BCUT2D eigenvalue weighted by atomic mass is 32.2. The molecule has 0 aliphatic carbocycles. The molecular formula is C10H16N4O3S2. The molecule has 0 aliphatic rings. The van der Waals surface area contributed by atoms with Crippen molar-refractivity contribution in [3.8, 4) is 0 Å². The van der Waals surface area contributed by atoms with Crippen LogP contribution in [0.4, 0.5) is 10.6 Å². The van der Waals surface area contributed by atoms with E-state index in [1.54, 1.807) is 20.8 Å². The summed E-state index contributed by atoms with van der Waals surface area (Å²) in [5, 5.41) is 14.1. The van der Waals surface area contributed by atoms with Gasteiger partial charge < -0.3 is 15.7 Å². The molecule has 0 aliphatic heterocycles. The molecule has 0 saturated heterocycles. The molecule has 0 saturated carbocycles. The predicted molar refractivity (Wildman–Crippen MR) is 76.3 cm³/mol. The Kier molecular flexibility index (Phi) is 5.01. The van der Waals surface area contributed by atoms with Gasteiger partial charge in [-0.25, -0.2) is 9.78 Å². The molecule has 0 atom stereocenters. The second-order valence-electron chi connectivity index (χ2n) is 4.47. The molecule has 1 amide bonds. The lowest BCUT2D eigenvalue weighted by atomic mass is 10.2. The van der Waals surface area contributed by atoms with Crippen LogP contribution < -0.4 is 11.1 Å². The lowest BCUT2D eigenvalue weighted by Crippen LogP contribution is -2.28. The first kappa shape index (κ1) is 15.6. The fraction of sp³-hybridized carbons (Fsp3) is 0.500. The van der Waals surface area contributed by atoms with E-state index in [4.69, 9.17) is 15.7 Å². The Morgan fingerprint density at radius 3 is 2.68 bits per heavy atom. The lowest BCUT2D eigenvalue weighted by Gasteiger charge is -2.19. The van der Waals surface area contributed by atoms with Gasteiger partial charge >= 0.3 is 6.09 Å². The van der Waals surface area contributed by atoms with Gasteiger partial charge in [-0.3, -0.25) is 5.32 Å². The van der Waals surface area contributed by atoms with Crippen molar-refractivity contribution in [2.24, 2.45) is 10.9 Å². The lowest BCUT2D eigenvalue weighted by molar-refractivity contribution is 0.0635. The number of hydrogen-bond acceptors (Lipinski definition) is 7. The first-order chi connectivity index (χ1) is 8.76. The van der Waals surface area contributed by atoms with Crippen LogP contribution in [0.2, 0.25) is 0 Å². The van der Waals surface area contributed by atoms with Gasteiger partial charge in [-0.1, -0.05) is 16.9 Å². The highest BCUT2D eigenvalue weighted by Gasteiger charge is 2.21. The van der Waals surface area contributed by atoms with Gasteiger partial charge in [-0.15, -0.1) is 11.3 Å². The third-order valence-electron chi connectivity index (χ3n) is 1.74. The third kappa shape index (κ3) is 4.60. The number of thioether (sulfide) groups is 1. The van der Waals surface area contributed by atoms with Gasteiger partial charge in [0.2, 0.25) is 0 Å². The van der Waals surface area contributed by atoms with Gasteiger partial charge in [0.1, 0.15) is 10.5 Å². The van der Waals surface area contributed by atoms with E-state index >= 15 is 0 Å². The summed E-state index contributed by atoms with van der Waals surface area (Å²) >= 11 is 2.61. The average Bonchev–Trinajstić information content (AvgIpc) is 2.68. The summed E-state index contributed by atoms with van der Waals surface area (Å²) in [6, 6.07) is 0. The maximum Gasteiger partial charge on any atom is 0.413 e. The number of nitrogens with zero attached hydrogens (tertiary/aromatic N) is 2. The van der Waals surface area contributed by atoms with Crippen LogP contribution in [0.15, 0.2) is 9.50 Å². The van der Waals surface area contributed by atoms with Crippen molar-refractivity contribution in [3.05, 3.63) is 4.88 Å². The Labute approximate surface area is 119 Å². The largest absolute Gasteiger partial charge is 0.444 e. The van der Waals surface area contributed by atoms with E-state index in [1.165, 1.54) is 23.1 Å². The van der Waals surface area contributed by atoms with Crippen LogP contribution in [-0.2, 0) is 4.74 Å². The van der Waals surface area contributed by atoms with Crippen molar-refractivity contribution in [2.45, 2.75) is 30.7 Å². The minimum atomic E-state index is -0.641. The molecule has 0 unspecified atom stereocenters. The van der Waals surface area contributed by atoms with Crippen molar-refractivity contribution in [2.75, 3.05) is 11.6 Å². The SMILES string of the molecule is CSc1nc(NC(=O)OC(C)(C)C)c(/C(N)=N/O)s1. The Bertz CT molecular complexity index is 493. The molecule has 9 heteroatoms. The molecule has 1 rings (SSSR count). The topological polar surface area (TPSA) is 110 Å². The minimum absolute atomic E-state index is 0.108. The van der Waals surface area contributed by atoms with E-state index in [1.807, 2.05) is 6.26 Å². The van der Waals surface area contributed by atoms with Crippen LogP contribution in [0, 0.1) is 0 Å². The minimum Gasteiger partial charge on any atom is -0.444 e. The second kappa shape index (κ2) is 6.11. The number of carbonyl (C=O) groups is 1. The van der Waals surface area contributed by atoms with Crippen LogP contribution in [-0.4, -0.2) is 34.0 Å². The van der Waals surface area contributed by atoms with Crippen molar-refractivity contribution >= 4 is 40.8 Å². The second-order valence-corrected chi connectivity index (χ2v) is 6.53. The van der Waals surface area contributed by atoms with Crippen LogP contribution in [0.5, 0.6) is 0 Å². The standard InChI is InChI=1S/C10H16N4O3S2/c1-10(2,3)17-8(15)12-7-5(6(11)14-16)19-9(13-7)18-4/h16H,1-4H3,(H2,11,14)(H,12,15). The molecule has 0 aromatic carbocycles. The van der Waals surface area contributed by atoms with E-state index in [0.29, 0.717) is 9.22 Å². The molecule has 0 spiro atoms. The average molecular weight is 304 g/mol. The predicted octanol–water partition coefficient (Wildman–Crippen LogP) is 2.31. The number of ether oxygens (including phenoxy) is 1. The number of hydrogen-bond donors (Lipinski definition) is 3. The zero-order valence-corrected chi connectivity index (χ0v) is 12.7. The number of rotatable bonds is 3. The van der Waals surface area contributed by atoms with E-state index in [-0.39, 0.29) is 11.7 Å². The fourth-order valence-electron chi connectivity index (χ4n) is 1.09. The molecule has 4 N–H and O–H groups in total. The summed E-state index contributed by atoms with van der Waals surface area (Å²) in [5.74, 6) is 0.114. The summed E-state index contributed by atoms with van der Waals surface area (Å²) in [7, 11) is 0. The zero-order valence-electron chi connectivity index (χ0n) is 11.1. The maximum atomic E-state index is 11.7. The van der Waals surface area contributed by atoms with Crippen molar-refractivity contribution in [1.82, 2.24) is 4.98 Å². The number of anilines is 1. The summed E-state index contributed by atoms with van der Waals surface area (Å²) < 4.78 is 5.81. The number of nitrogens with two attached hydrogens (primary N) is 1. The van der Waals surface area contributed by atoms with Crippen molar-refractivity contribution in [1.29, 1.82) is 0 Å². The monoisotopic (exact) mass is 304 g/mol. The van der Waals surface area contributed by atoms with Gasteiger partial charge in [-0.05, 0) is 27.0 Å². The summed E-state index contributed by atoms with van der Waals surface area (Å²) in [6.07, 6.45) is 1.20. The Hall–Kier alpha value is -1.48. The molecule has 19 heavy (non-hydrogen) atoms. The number of amidine groups is 1. The number of thiazole rings is 1. The summed E-state index contributed by atoms with van der Waals surface area (Å²) in [6.45, 7) is 5.27. The number of oxime groups is 1. The number of carbonyl (C=O) groups excluding carboxylic acids is 1. The highest BCUT2D eigenvalue weighted by Crippen LogP contribution is 2.29. The van der Waals surface area contributed by atoms with E-state index in [0.717, 1.165) is 0 Å². The van der Waals surface area contributed by atoms with Crippen molar-refractivity contribution < 1.29 is 14.7 Å². The van der Waals surface area contributed by atoms with Gasteiger partial charge in [0.15, 0.2) is 16.0 Å². The summed E-state index contributed by atoms with van der Waals surface area (Å²) in [5.41, 5.74) is 4.92.